The Morgan fingerprint density at radius 3 is 1.78 bits per heavy atom. The molecule has 0 saturated carbocycles. The molecule has 0 aliphatic heterocycles. The van der Waals surface area contributed by atoms with E-state index in [1.54, 1.807) is 0 Å². The SMILES string of the molecule is CCCCCCCCCCC(O)CCC(CCC)S(=O)(=O)[O-].[Na+]. The molecule has 6 heteroatoms. The first kappa shape index (κ1) is 26.1. The van der Waals surface area contributed by atoms with E-state index in [1.807, 2.05) is 6.92 Å². The van der Waals surface area contributed by atoms with Crippen molar-refractivity contribution >= 4 is 10.1 Å². The fraction of sp³-hybridized carbons (Fsp3) is 1.00. The van der Waals surface area contributed by atoms with E-state index >= 15 is 0 Å². The molecule has 0 aromatic carbocycles. The molecule has 0 aliphatic rings. The number of aliphatic hydroxyl groups is 1. The van der Waals surface area contributed by atoms with Crippen LogP contribution in [0.4, 0.5) is 0 Å². The van der Waals surface area contributed by atoms with Crippen molar-refractivity contribution in [1.29, 1.82) is 0 Å². The first-order valence-electron chi connectivity index (χ1n) is 9.04. The van der Waals surface area contributed by atoms with Crippen molar-refractivity contribution in [3.8, 4) is 0 Å². The van der Waals surface area contributed by atoms with Crippen LogP contribution in [0.25, 0.3) is 0 Å². The molecule has 0 fully saturated rings. The van der Waals surface area contributed by atoms with Gasteiger partial charge in [0.2, 0.25) is 0 Å². The predicted octanol–water partition coefficient (Wildman–Crippen LogP) is 1.38. The summed E-state index contributed by atoms with van der Waals surface area (Å²) in [6, 6.07) is 0. The Bertz CT molecular complexity index is 347. The standard InChI is InChI=1S/C17H36O4S.Na/c1-3-5-6-7-8-9-10-11-13-16(18)14-15-17(12-4-2)22(19,20)21;/h16-18H,3-15H2,1-2H3,(H,19,20,21);/q;+1/p-1. The topological polar surface area (TPSA) is 77.4 Å². The van der Waals surface area contributed by atoms with E-state index in [-0.39, 0.29) is 36.0 Å². The molecule has 4 nitrogen and oxygen atoms in total. The third-order valence-corrected chi connectivity index (χ3v) is 5.52. The third kappa shape index (κ3) is 16.1. The maximum absolute atomic E-state index is 11.1. The fourth-order valence-corrected chi connectivity index (χ4v) is 3.74. The van der Waals surface area contributed by atoms with Crippen LogP contribution < -0.4 is 29.6 Å². The minimum atomic E-state index is -4.22. The van der Waals surface area contributed by atoms with Crippen LogP contribution in [0.15, 0.2) is 0 Å². The molecular formula is C17H35NaO4S. The zero-order valence-electron chi connectivity index (χ0n) is 15.4. The summed E-state index contributed by atoms with van der Waals surface area (Å²) in [5.74, 6) is 0. The monoisotopic (exact) mass is 358 g/mol. The van der Waals surface area contributed by atoms with Gasteiger partial charge in [0, 0.05) is 5.25 Å². The number of rotatable bonds is 15. The number of hydrogen-bond donors (Lipinski definition) is 1. The summed E-state index contributed by atoms with van der Waals surface area (Å²) in [4.78, 5) is 0. The number of aliphatic hydroxyl groups excluding tert-OH is 1. The second kappa shape index (κ2) is 16.3. The zero-order chi connectivity index (χ0) is 16.8. The molecule has 0 rings (SSSR count). The molecule has 0 heterocycles. The van der Waals surface area contributed by atoms with Crippen LogP contribution in [0.2, 0.25) is 0 Å². The van der Waals surface area contributed by atoms with Gasteiger partial charge in [-0.25, -0.2) is 8.42 Å². The van der Waals surface area contributed by atoms with Crippen molar-refractivity contribution in [3.63, 3.8) is 0 Å². The first-order chi connectivity index (χ1) is 10.4. The fourth-order valence-electron chi connectivity index (χ4n) is 2.79. The molecule has 0 aromatic heterocycles. The first-order valence-corrected chi connectivity index (χ1v) is 10.5. The van der Waals surface area contributed by atoms with Gasteiger partial charge in [0.05, 0.1) is 16.2 Å². The van der Waals surface area contributed by atoms with Gasteiger partial charge in [0.1, 0.15) is 0 Å². The predicted molar refractivity (Wildman–Crippen MR) is 90.9 cm³/mol. The summed E-state index contributed by atoms with van der Waals surface area (Å²) in [6.45, 7) is 4.08. The Labute approximate surface area is 165 Å². The molecule has 2 atom stereocenters. The van der Waals surface area contributed by atoms with Gasteiger partial charge >= 0.3 is 29.6 Å². The van der Waals surface area contributed by atoms with Gasteiger partial charge < -0.3 is 9.66 Å². The molecule has 2 unspecified atom stereocenters. The second-order valence-electron chi connectivity index (χ2n) is 6.40. The van der Waals surface area contributed by atoms with Gasteiger partial charge in [-0.1, -0.05) is 71.6 Å². The van der Waals surface area contributed by atoms with Crippen molar-refractivity contribution in [2.45, 2.75) is 109 Å². The Kier molecular flexibility index (Phi) is 18.5. The Morgan fingerprint density at radius 1 is 0.783 bits per heavy atom. The van der Waals surface area contributed by atoms with Crippen molar-refractivity contribution in [1.82, 2.24) is 0 Å². The van der Waals surface area contributed by atoms with E-state index in [9.17, 15) is 18.1 Å². The summed E-state index contributed by atoms with van der Waals surface area (Å²) in [6.07, 6.45) is 11.8. The van der Waals surface area contributed by atoms with E-state index in [1.165, 1.54) is 38.5 Å². The van der Waals surface area contributed by atoms with Crippen LogP contribution in [0.3, 0.4) is 0 Å². The van der Waals surface area contributed by atoms with Gasteiger partial charge in [-0.15, -0.1) is 0 Å². The van der Waals surface area contributed by atoms with Crippen LogP contribution in [-0.4, -0.2) is 29.4 Å². The molecule has 1 N–H and O–H groups in total. The summed E-state index contributed by atoms with van der Waals surface area (Å²) in [5.41, 5.74) is 0. The van der Waals surface area contributed by atoms with Crippen molar-refractivity contribution in [2.24, 2.45) is 0 Å². The average molecular weight is 359 g/mol. The minimum absolute atomic E-state index is 0. The largest absolute Gasteiger partial charge is 1.00 e. The number of hydrogen-bond acceptors (Lipinski definition) is 4. The van der Waals surface area contributed by atoms with Crippen LogP contribution in [0.1, 0.15) is 97.3 Å². The molecule has 0 aliphatic carbocycles. The molecule has 0 radical (unpaired) electrons. The van der Waals surface area contributed by atoms with Crippen LogP contribution in [0.5, 0.6) is 0 Å². The molecule has 0 bridgehead atoms. The van der Waals surface area contributed by atoms with Gasteiger partial charge in [0.15, 0.2) is 0 Å². The Balaban J connectivity index is 0. The molecule has 0 aromatic rings. The summed E-state index contributed by atoms with van der Waals surface area (Å²) in [5, 5.41) is 9.08. The van der Waals surface area contributed by atoms with E-state index < -0.39 is 21.5 Å². The van der Waals surface area contributed by atoms with Gasteiger partial charge in [0.25, 0.3) is 0 Å². The maximum Gasteiger partial charge on any atom is 1.00 e. The van der Waals surface area contributed by atoms with Gasteiger partial charge in [-0.2, -0.15) is 0 Å². The molecule has 134 valence electrons. The van der Waals surface area contributed by atoms with Crippen LogP contribution in [-0.2, 0) is 10.1 Å². The van der Waals surface area contributed by atoms with Gasteiger partial charge in [-0.05, 0) is 25.7 Å². The second-order valence-corrected chi connectivity index (χ2v) is 8.05. The minimum Gasteiger partial charge on any atom is -0.748 e. The van der Waals surface area contributed by atoms with E-state index in [0.717, 1.165) is 12.8 Å². The molecule has 0 saturated heterocycles. The molecule has 0 amide bonds. The quantitative estimate of drug-likeness (QED) is 0.272. The summed E-state index contributed by atoms with van der Waals surface area (Å²) in [7, 11) is -4.22. The summed E-state index contributed by atoms with van der Waals surface area (Å²) < 4.78 is 33.3. The van der Waals surface area contributed by atoms with Crippen LogP contribution in [0, 0.1) is 0 Å². The van der Waals surface area contributed by atoms with E-state index in [0.29, 0.717) is 25.7 Å². The van der Waals surface area contributed by atoms with Crippen molar-refractivity contribution in [2.75, 3.05) is 0 Å². The smallest absolute Gasteiger partial charge is 0.748 e. The van der Waals surface area contributed by atoms with E-state index in [4.69, 9.17) is 0 Å². The van der Waals surface area contributed by atoms with Crippen molar-refractivity contribution in [3.05, 3.63) is 0 Å². The summed E-state index contributed by atoms with van der Waals surface area (Å²) >= 11 is 0. The Hall–Kier alpha value is 0.870. The normalized spacial score (nSPS) is 14.3. The van der Waals surface area contributed by atoms with E-state index in [2.05, 4.69) is 6.92 Å². The Morgan fingerprint density at radius 2 is 1.30 bits per heavy atom. The zero-order valence-corrected chi connectivity index (χ0v) is 18.2. The third-order valence-electron chi connectivity index (χ3n) is 4.23. The maximum atomic E-state index is 11.1. The average Bonchev–Trinajstić information content (AvgIpc) is 2.45. The number of unbranched alkanes of at least 4 members (excludes halogenated alkanes) is 7. The van der Waals surface area contributed by atoms with Crippen molar-refractivity contribution < 1.29 is 47.6 Å². The molecule has 0 spiro atoms. The van der Waals surface area contributed by atoms with Gasteiger partial charge in [-0.3, -0.25) is 0 Å². The molecule has 23 heavy (non-hydrogen) atoms. The molecular weight excluding hydrogens is 323 g/mol. The van der Waals surface area contributed by atoms with Crippen LogP contribution >= 0.6 is 0 Å².